The monoisotopic (exact) mass is 400 g/mol. The Kier molecular flexibility index (Phi) is 6.02. The summed E-state index contributed by atoms with van der Waals surface area (Å²) in [5, 5.41) is 4.53. The van der Waals surface area contributed by atoms with Crippen molar-refractivity contribution in [3.63, 3.8) is 0 Å². The van der Waals surface area contributed by atoms with Crippen molar-refractivity contribution in [2.24, 2.45) is 0 Å². The molecule has 1 saturated heterocycles. The van der Waals surface area contributed by atoms with Gasteiger partial charge in [-0.05, 0) is 28.4 Å². The lowest BCUT2D eigenvalue weighted by Crippen LogP contribution is -2.29. The third-order valence-electron chi connectivity index (χ3n) is 3.45. The first-order chi connectivity index (χ1) is 11.5. The third kappa shape index (κ3) is 4.16. The van der Waals surface area contributed by atoms with E-state index in [-0.39, 0.29) is 19.4 Å². The number of urea groups is 1. The fraction of sp³-hybridized carbons (Fsp3) is 0.400. The van der Waals surface area contributed by atoms with Crippen molar-refractivity contribution in [1.29, 1.82) is 0 Å². The third-order valence-corrected chi connectivity index (χ3v) is 4.32. The van der Waals surface area contributed by atoms with Crippen LogP contribution >= 0.6 is 15.9 Å². The fourth-order valence-corrected chi connectivity index (χ4v) is 2.80. The zero-order valence-electron chi connectivity index (χ0n) is 13.2. The van der Waals surface area contributed by atoms with Crippen LogP contribution in [0.2, 0.25) is 0 Å². The number of ether oxygens (including phenoxy) is 3. The number of rotatable bonds is 7. The molecule has 1 aromatic carbocycles. The van der Waals surface area contributed by atoms with Crippen LogP contribution in [0.3, 0.4) is 0 Å². The van der Waals surface area contributed by atoms with Gasteiger partial charge in [-0.25, -0.2) is 4.79 Å². The normalized spacial score (nSPS) is 16.4. The van der Waals surface area contributed by atoms with Crippen LogP contribution in [0.4, 0.5) is 4.79 Å². The molecule has 24 heavy (non-hydrogen) atoms. The molecule has 130 valence electrons. The van der Waals surface area contributed by atoms with Gasteiger partial charge in [-0.3, -0.25) is 14.9 Å². The van der Waals surface area contributed by atoms with Gasteiger partial charge in [-0.15, -0.1) is 0 Å². The van der Waals surface area contributed by atoms with Crippen molar-refractivity contribution in [1.82, 2.24) is 10.6 Å². The summed E-state index contributed by atoms with van der Waals surface area (Å²) in [6.07, 6.45) is 0.201. The van der Waals surface area contributed by atoms with Crippen LogP contribution < -0.4 is 20.1 Å². The second kappa shape index (κ2) is 8.00. The number of hydrogen-bond acceptors (Lipinski definition) is 6. The van der Waals surface area contributed by atoms with E-state index in [1.54, 1.807) is 12.1 Å². The molecule has 1 aliphatic rings. The summed E-state index contributed by atoms with van der Waals surface area (Å²) in [5.74, 6) is 0.167. The van der Waals surface area contributed by atoms with Crippen LogP contribution in [0.1, 0.15) is 18.4 Å². The van der Waals surface area contributed by atoms with Crippen LogP contribution in [0.25, 0.3) is 0 Å². The second-order valence-corrected chi connectivity index (χ2v) is 5.78. The fourth-order valence-electron chi connectivity index (χ4n) is 2.20. The highest BCUT2D eigenvalue weighted by molar-refractivity contribution is 9.10. The van der Waals surface area contributed by atoms with Crippen LogP contribution in [0, 0.1) is 0 Å². The highest BCUT2D eigenvalue weighted by Crippen LogP contribution is 2.37. The van der Waals surface area contributed by atoms with Crippen molar-refractivity contribution < 1.29 is 28.6 Å². The van der Waals surface area contributed by atoms with E-state index in [4.69, 9.17) is 14.2 Å². The smallest absolute Gasteiger partial charge is 0.322 e. The Labute approximate surface area is 147 Å². The van der Waals surface area contributed by atoms with E-state index >= 15 is 0 Å². The molecule has 1 aliphatic heterocycles. The number of halogens is 1. The second-order valence-electron chi connectivity index (χ2n) is 4.99. The van der Waals surface area contributed by atoms with E-state index in [1.807, 2.05) is 0 Å². The Bertz CT molecular complexity index is 664. The van der Waals surface area contributed by atoms with Gasteiger partial charge >= 0.3 is 12.0 Å². The number of carbonyl (C=O) groups excluding carboxylic acids is 3. The molecule has 1 aromatic rings. The number of amides is 3. The average molecular weight is 401 g/mol. The predicted molar refractivity (Wildman–Crippen MR) is 86.7 cm³/mol. The average Bonchev–Trinajstić information content (AvgIpc) is 2.88. The van der Waals surface area contributed by atoms with Gasteiger partial charge in [0.25, 0.3) is 5.91 Å². The molecule has 0 bridgehead atoms. The molecule has 1 atom stereocenters. The highest BCUT2D eigenvalue weighted by atomic mass is 79.9. The first kappa shape index (κ1) is 18.1. The van der Waals surface area contributed by atoms with Crippen LogP contribution in [-0.2, 0) is 20.9 Å². The van der Waals surface area contributed by atoms with Gasteiger partial charge in [0.05, 0.1) is 18.7 Å². The molecule has 1 unspecified atom stereocenters. The van der Waals surface area contributed by atoms with Crippen molar-refractivity contribution in [2.45, 2.75) is 25.5 Å². The maximum atomic E-state index is 11.8. The number of esters is 1. The van der Waals surface area contributed by atoms with Gasteiger partial charge in [0, 0.05) is 12.0 Å². The summed E-state index contributed by atoms with van der Waals surface area (Å²) in [6, 6.07) is 2.22. The summed E-state index contributed by atoms with van der Waals surface area (Å²) < 4.78 is 16.3. The SMILES string of the molecule is COc1ccc(COC(=O)CCC2NC(=O)NC2=O)c(Br)c1OC. The number of nitrogens with one attached hydrogen (secondary N) is 2. The largest absolute Gasteiger partial charge is 0.493 e. The molecule has 9 heteroatoms. The summed E-state index contributed by atoms with van der Waals surface area (Å²) in [7, 11) is 3.04. The van der Waals surface area contributed by atoms with E-state index in [0.29, 0.717) is 21.5 Å². The molecule has 1 heterocycles. The molecule has 0 saturated carbocycles. The number of methoxy groups -OCH3 is 2. The van der Waals surface area contributed by atoms with E-state index in [1.165, 1.54) is 14.2 Å². The Hall–Kier alpha value is -2.29. The maximum absolute atomic E-state index is 11.8. The van der Waals surface area contributed by atoms with Crippen molar-refractivity contribution in [2.75, 3.05) is 14.2 Å². The summed E-state index contributed by atoms with van der Waals surface area (Å²) in [4.78, 5) is 34.2. The molecular formula is C15H17BrN2O6. The quantitative estimate of drug-likeness (QED) is 0.530. The Balaban J connectivity index is 1.88. The molecule has 1 fully saturated rings. The lowest BCUT2D eigenvalue weighted by atomic mass is 10.1. The van der Waals surface area contributed by atoms with Gasteiger partial charge in [0.2, 0.25) is 0 Å². The zero-order chi connectivity index (χ0) is 17.7. The zero-order valence-corrected chi connectivity index (χ0v) is 14.8. The van der Waals surface area contributed by atoms with Gasteiger partial charge in [0.15, 0.2) is 11.5 Å². The molecule has 2 N–H and O–H groups in total. The molecule has 3 amide bonds. The number of carbonyl (C=O) groups is 3. The van der Waals surface area contributed by atoms with E-state index in [2.05, 4.69) is 26.6 Å². The Morgan fingerprint density at radius 3 is 2.58 bits per heavy atom. The summed E-state index contributed by atoms with van der Waals surface area (Å²) in [6.45, 7) is 0.0446. The first-order valence-electron chi connectivity index (χ1n) is 7.12. The standard InChI is InChI=1S/C15H17BrN2O6/c1-22-10-5-3-8(12(16)13(10)23-2)7-24-11(19)6-4-9-14(20)18-15(21)17-9/h3,5,9H,4,6-7H2,1-2H3,(H2,17,18,20,21). The molecule has 0 aromatic heterocycles. The minimum absolute atomic E-state index is 0.0171. The molecule has 8 nitrogen and oxygen atoms in total. The van der Waals surface area contributed by atoms with Crippen LogP contribution in [0.15, 0.2) is 16.6 Å². The Morgan fingerprint density at radius 1 is 1.25 bits per heavy atom. The van der Waals surface area contributed by atoms with Gasteiger partial charge < -0.3 is 19.5 Å². The molecule has 2 rings (SSSR count). The van der Waals surface area contributed by atoms with Crippen molar-refractivity contribution in [3.05, 3.63) is 22.2 Å². The van der Waals surface area contributed by atoms with Gasteiger partial charge in [0.1, 0.15) is 12.6 Å². The topological polar surface area (TPSA) is 103 Å². The van der Waals surface area contributed by atoms with E-state index < -0.39 is 23.9 Å². The minimum Gasteiger partial charge on any atom is -0.493 e. The van der Waals surface area contributed by atoms with E-state index in [0.717, 1.165) is 0 Å². The predicted octanol–water partition coefficient (Wildman–Crippen LogP) is 1.50. The number of benzene rings is 1. The minimum atomic E-state index is -0.696. The van der Waals surface area contributed by atoms with E-state index in [9.17, 15) is 14.4 Å². The van der Waals surface area contributed by atoms with Gasteiger partial charge in [-0.1, -0.05) is 6.07 Å². The molecular weight excluding hydrogens is 384 g/mol. The van der Waals surface area contributed by atoms with Gasteiger partial charge in [-0.2, -0.15) is 0 Å². The van der Waals surface area contributed by atoms with Crippen molar-refractivity contribution >= 4 is 33.8 Å². The summed E-state index contributed by atoms with van der Waals surface area (Å²) >= 11 is 3.39. The lowest BCUT2D eigenvalue weighted by Gasteiger charge is -2.13. The molecule has 0 radical (unpaired) electrons. The first-order valence-corrected chi connectivity index (χ1v) is 7.92. The van der Waals surface area contributed by atoms with Crippen LogP contribution in [0.5, 0.6) is 11.5 Å². The van der Waals surface area contributed by atoms with Crippen LogP contribution in [-0.4, -0.2) is 38.2 Å². The lowest BCUT2D eigenvalue weighted by molar-refractivity contribution is -0.145. The molecule has 0 spiro atoms. The van der Waals surface area contributed by atoms with Crippen molar-refractivity contribution in [3.8, 4) is 11.5 Å². The number of hydrogen-bond donors (Lipinski definition) is 2. The maximum Gasteiger partial charge on any atom is 0.322 e. The molecule has 0 aliphatic carbocycles. The summed E-state index contributed by atoms with van der Waals surface area (Å²) in [5.41, 5.74) is 0.716. The number of imide groups is 1. The Morgan fingerprint density at radius 2 is 2.00 bits per heavy atom. The highest BCUT2D eigenvalue weighted by Gasteiger charge is 2.29.